The summed E-state index contributed by atoms with van der Waals surface area (Å²) in [5.74, 6) is -3.21. The van der Waals surface area contributed by atoms with Crippen molar-refractivity contribution in [3.05, 3.63) is 29.9 Å². The van der Waals surface area contributed by atoms with Crippen LogP contribution in [0.25, 0.3) is 0 Å². The van der Waals surface area contributed by atoms with Gasteiger partial charge in [-0.15, -0.1) is 0 Å². The predicted molar refractivity (Wildman–Crippen MR) is 72.3 cm³/mol. The number of carbonyl (C=O) groups excluding carboxylic acids is 1. The van der Waals surface area contributed by atoms with Crippen molar-refractivity contribution in [2.24, 2.45) is 0 Å². The van der Waals surface area contributed by atoms with Gasteiger partial charge in [0.15, 0.2) is 0 Å². The predicted octanol–water partition coefficient (Wildman–Crippen LogP) is 3.50. The molecule has 0 spiro atoms. The molecule has 134 valence electrons. The molecular formula is C14H14F6N2O2. The molecule has 1 N–H and O–H groups in total. The molecule has 1 aromatic rings. The Morgan fingerprint density at radius 1 is 1.21 bits per heavy atom. The minimum Gasteiger partial charge on any atom is -0.458 e. The number of halogens is 6. The van der Waals surface area contributed by atoms with E-state index in [1.165, 1.54) is 4.90 Å². The fourth-order valence-electron chi connectivity index (χ4n) is 2.22. The molecule has 1 aliphatic rings. The normalized spacial score (nSPS) is 18.9. The minimum atomic E-state index is -5.00. The van der Waals surface area contributed by atoms with E-state index >= 15 is 0 Å². The van der Waals surface area contributed by atoms with Gasteiger partial charge in [0.05, 0.1) is 12.2 Å². The molecule has 0 amide bonds. The highest BCUT2D eigenvalue weighted by molar-refractivity contribution is 5.95. The Balaban J connectivity index is 2.21. The summed E-state index contributed by atoms with van der Waals surface area (Å²) in [4.78, 5) is 12.5. The van der Waals surface area contributed by atoms with Crippen molar-refractivity contribution in [2.75, 3.05) is 24.5 Å². The lowest BCUT2D eigenvalue weighted by Crippen LogP contribution is -2.35. The van der Waals surface area contributed by atoms with E-state index in [-0.39, 0.29) is 17.9 Å². The van der Waals surface area contributed by atoms with Gasteiger partial charge in [0.25, 0.3) is 5.78 Å². The topological polar surface area (TPSA) is 45.5 Å². The number of rotatable bonds is 2. The van der Waals surface area contributed by atoms with Crippen LogP contribution in [-0.4, -0.2) is 31.6 Å². The monoisotopic (exact) mass is 356 g/mol. The maximum absolute atomic E-state index is 12.6. The zero-order valence-electron chi connectivity index (χ0n) is 12.3. The highest BCUT2D eigenvalue weighted by Gasteiger charge is 2.37. The van der Waals surface area contributed by atoms with E-state index in [4.69, 9.17) is 0 Å². The third-order valence-corrected chi connectivity index (χ3v) is 3.38. The molecule has 1 aliphatic heterocycles. The Labute approximate surface area is 133 Å². The second kappa shape index (κ2) is 6.78. The van der Waals surface area contributed by atoms with Gasteiger partial charge in [-0.1, -0.05) is 0 Å². The maximum atomic E-state index is 12.6. The van der Waals surface area contributed by atoms with Gasteiger partial charge in [-0.3, -0.25) is 4.79 Å². The van der Waals surface area contributed by atoms with Gasteiger partial charge in [0.2, 0.25) is 5.76 Å². The molecule has 0 aliphatic carbocycles. The third kappa shape index (κ3) is 4.68. The summed E-state index contributed by atoms with van der Waals surface area (Å²) in [7, 11) is 0. The zero-order chi connectivity index (χ0) is 18.0. The summed E-state index contributed by atoms with van der Waals surface area (Å²) in [5, 5.41) is 2.71. The molecule has 4 nitrogen and oxygen atoms in total. The van der Waals surface area contributed by atoms with Crippen molar-refractivity contribution in [2.45, 2.75) is 25.2 Å². The van der Waals surface area contributed by atoms with Crippen LogP contribution in [0.5, 0.6) is 0 Å². The van der Waals surface area contributed by atoms with Gasteiger partial charge in [-0.2, -0.15) is 26.3 Å². The number of allylic oxidation sites excluding steroid dienone is 1. The molecule has 24 heavy (non-hydrogen) atoms. The van der Waals surface area contributed by atoms with Gasteiger partial charge in [0.1, 0.15) is 6.26 Å². The molecule has 0 saturated carbocycles. The van der Waals surface area contributed by atoms with Crippen LogP contribution in [-0.2, 0) is 11.0 Å². The molecular weight excluding hydrogens is 342 g/mol. The summed E-state index contributed by atoms with van der Waals surface area (Å²) < 4.78 is 79.3. The Morgan fingerprint density at radius 3 is 2.50 bits per heavy atom. The smallest absolute Gasteiger partial charge is 0.454 e. The Morgan fingerprint density at radius 2 is 1.92 bits per heavy atom. The van der Waals surface area contributed by atoms with E-state index < -0.39 is 23.9 Å². The Hall–Kier alpha value is -2.13. The SMILES string of the molecule is O=C(/C=C1/CN(c2coc(C(F)(F)F)c2)CCCCN1)C(F)(F)F. The largest absolute Gasteiger partial charge is 0.458 e. The van der Waals surface area contributed by atoms with E-state index in [0.29, 0.717) is 32.0 Å². The summed E-state index contributed by atoms with van der Waals surface area (Å²) >= 11 is 0. The molecule has 0 unspecified atom stereocenters. The first-order chi connectivity index (χ1) is 11.1. The van der Waals surface area contributed by atoms with Crippen molar-refractivity contribution in [3.8, 4) is 0 Å². The zero-order valence-corrected chi connectivity index (χ0v) is 12.3. The fourth-order valence-corrected chi connectivity index (χ4v) is 2.22. The van der Waals surface area contributed by atoms with E-state index in [2.05, 4.69) is 9.73 Å². The van der Waals surface area contributed by atoms with Gasteiger partial charge in [-0.05, 0) is 12.8 Å². The highest BCUT2D eigenvalue weighted by atomic mass is 19.4. The number of nitrogens with zero attached hydrogens (tertiary/aromatic N) is 1. The lowest BCUT2D eigenvalue weighted by molar-refractivity contribution is -0.165. The van der Waals surface area contributed by atoms with Crippen LogP contribution in [0, 0.1) is 0 Å². The second-order valence-electron chi connectivity index (χ2n) is 5.25. The number of ketones is 1. The summed E-state index contributed by atoms with van der Waals surface area (Å²) in [6.07, 6.45) is -7.10. The van der Waals surface area contributed by atoms with Gasteiger partial charge in [0, 0.05) is 30.9 Å². The number of hydrogen-bond donors (Lipinski definition) is 1. The molecule has 0 aromatic carbocycles. The number of hydrogen-bond acceptors (Lipinski definition) is 4. The standard InChI is InChI=1S/C14H14F6N2O2/c15-13(16,17)11(23)5-9-7-22(4-2-1-3-21-9)10-6-12(24-8-10)14(18,19)20/h5-6,8,21H,1-4,7H2/b9-5-. The summed E-state index contributed by atoms with van der Waals surface area (Å²) in [6, 6.07) is 0.783. The lowest BCUT2D eigenvalue weighted by atomic mass is 10.2. The maximum Gasteiger partial charge on any atom is 0.454 e. The first-order valence-corrected chi connectivity index (χ1v) is 7.03. The molecule has 1 saturated heterocycles. The molecule has 0 bridgehead atoms. The van der Waals surface area contributed by atoms with Crippen LogP contribution in [0.4, 0.5) is 32.0 Å². The van der Waals surface area contributed by atoms with Crippen LogP contribution in [0.3, 0.4) is 0 Å². The van der Waals surface area contributed by atoms with Crippen molar-refractivity contribution < 1.29 is 35.6 Å². The Kier molecular flexibility index (Phi) is 5.14. The van der Waals surface area contributed by atoms with Crippen LogP contribution in [0.1, 0.15) is 18.6 Å². The van der Waals surface area contributed by atoms with E-state index in [9.17, 15) is 31.1 Å². The van der Waals surface area contributed by atoms with E-state index in [0.717, 1.165) is 12.3 Å². The van der Waals surface area contributed by atoms with E-state index in [1.807, 2.05) is 0 Å². The average Bonchev–Trinajstić information content (AvgIpc) is 2.89. The average molecular weight is 356 g/mol. The Bertz CT molecular complexity index is 618. The number of anilines is 1. The first kappa shape index (κ1) is 18.2. The highest BCUT2D eigenvalue weighted by Crippen LogP contribution is 2.33. The second-order valence-corrected chi connectivity index (χ2v) is 5.25. The van der Waals surface area contributed by atoms with Crippen molar-refractivity contribution in [1.82, 2.24) is 5.32 Å². The first-order valence-electron chi connectivity index (χ1n) is 7.03. The van der Waals surface area contributed by atoms with Gasteiger partial charge < -0.3 is 14.6 Å². The molecule has 1 fully saturated rings. The lowest BCUT2D eigenvalue weighted by Gasteiger charge is -2.27. The van der Waals surface area contributed by atoms with Gasteiger partial charge >= 0.3 is 12.4 Å². The van der Waals surface area contributed by atoms with Crippen molar-refractivity contribution in [3.63, 3.8) is 0 Å². The van der Waals surface area contributed by atoms with Crippen LogP contribution < -0.4 is 10.2 Å². The minimum absolute atomic E-state index is 0.00761. The van der Waals surface area contributed by atoms with Gasteiger partial charge in [-0.25, -0.2) is 0 Å². The molecule has 2 rings (SSSR count). The molecule has 1 aromatic heterocycles. The number of carbonyl (C=O) groups is 1. The van der Waals surface area contributed by atoms with Crippen LogP contribution in [0.2, 0.25) is 0 Å². The molecule has 0 atom stereocenters. The summed E-state index contributed by atoms with van der Waals surface area (Å²) in [6.45, 7) is 0.554. The number of nitrogens with one attached hydrogen (secondary N) is 1. The number of furan rings is 1. The summed E-state index contributed by atoms with van der Waals surface area (Å²) in [5.41, 5.74) is 0.0863. The number of alkyl halides is 6. The van der Waals surface area contributed by atoms with Crippen LogP contribution in [0.15, 0.2) is 28.5 Å². The quantitative estimate of drug-likeness (QED) is 0.651. The molecule has 2 heterocycles. The van der Waals surface area contributed by atoms with Crippen molar-refractivity contribution in [1.29, 1.82) is 0 Å². The third-order valence-electron chi connectivity index (χ3n) is 3.38. The fraction of sp³-hybridized carbons (Fsp3) is 0.500. The van der Waals surface area contributed by atoms with E-state index in [1.54, 1.807) is 0 Å². The van der Waals surface area contributed by atoms with Crippen molar-refractivity contribution >= 4 is 11.5 Å². The molecule has 0 radical (unpaired) electrons. The van der Waals surface area contributed by atoms with Crippen LogP contribution >= 0.6 is 0 Å². The molecule has 10 heteroatoms.